The van der Waals surface area contributed by atoms with Crippen molar-refractivity contribution >= 4 is 46.6 Å². The van der Waals surface area contributed by atoms with Crippen LogP contribution in [0.1, 0.15) is 31.2 Å². The van der Waals surface area contributed by atoms with Crippen LogP contribution in [0.5, 0.6) is 5.75 Å². The first-order valence-electron chi connectivity index (χ1n) is 11.7. The zero-order chi connectivity index (χ0) is 27.0. The molecule has 0 aliphatic carbocycles. The number of furan rings is 1. The highest BCUT2D eigenvalue weighted by Crippen LogP contribution is 2.32. The maximum atomic E-state index is 13.7. The minimum absolute atomic E-state index is 0.203. The summed E-state index contributed by atoms with van der Waals surface area (Å²) in [5, 5.41) is 0.869. The quantitative estimate of drug-likeness (QED) is 0.292. The number of allylic oxidation sites excluding steroid dienone is 1. The van der Waals surface area contributed by atoms with Crippen molar-refractivity contribution in [2.24, 2.45) is 4.99 Å². The van der Waals surface area contributed by atoms with Crippen molar-refractivity contribution in [3.8, 4) is 17.1 Å². The normalized spacial score (nSPS) is 15.3. The molecule has 10 heteroatoms. The van der Waals surface area contributed by atoms with Gasteiger partial charge in [-0.3, -0.25) is 9.36 Å². The number of hydrogen-bond donors (Lipinski definition) is 0. The van der Waals surface area contributed by atoms with E-state index in [0.717, 1.165) is 11.1 Å². The Morgan fingerprint density at radius 3 is 2.58 bits per heavy atom. The van der Waals surface area contributed by atoms with Crippen molar-refractivity contribution in [1.29, 1.82) is 0 Å². The molecule has 0 amide bonds. The van der Waals surface area contributed by atoms with Gasteiger partial charge in [-0.2, -0.15) is 0 Å². The standard InChI is InChI=1S/C28H22Cl2N2O5S/c1-4-36-27(34)24-15(2)31-28-32(25(24)16-5-8-18(35-3)9-6-16)26(33)23(38-28)14-19-10-12-22(37-19)17-7-11-20(29)21(30)13-17/h5-14,25H,4H2,1-3H3/t25-/m1/s1. The number of nitrogens with zero attached hydrogens (tertiary/aromatic N) is 2. The van der Waals surface area contributed by atoms with E-state index in [1.54, 1.807) is 69.5 Å². The molecule has 0 radical (unpaired) electrons. The van der Waals surface area contributed by atoms with E-state index in [4.69, 9.17) is 37.1 Å². The third-order valence-electron chi connectivity index (χ3n) is 6.05. The van der Waals surface area contributed by atoms with Crippen LogP contribution in [0, 0.1) is 0 Å². The Bertz CT molecular complexity index is 1750. The number of methoxy groups -OCH3 is 1. The Kier molecular flexibility index (Phi) is 7.29. The van der Waals surface area contributed by atoms with Crippen LogP contribution in [0.25, 0.3) is 17.4 Å². The summed E-state index contributed by atoms with van der Waals surface area (Å²) < 4.78 is 18.5. The second-order valence-corrected chi connectivity index (χ2v) is 10.2. The van der Waals surface area contributed by atoms with E-state index < -0.39 is 12.0 Å². The van der Waals surface area contributed by atoms with E-state index in [-0.39, 0.29) is 12.2 Å². The summed E-state index contributed by atoms with van der Waals surface area (Å²) in [4.78, 5) is 31.8. The highest BCUT2D eigenvalue weighted by atomic mass is 35.5. The van der Waals surface area contributed by atoms with Crippen LogP contribution < -0.4 is 19.6 Å². The summed E-state index contributed by atoms with van der Waals surface area (Å²) in [6, 6.07) is 15.3. The maximum Gasteiger partial charge on any atom is 0.338 e. The minimum atomic E-state index is -0.707. The van der Waals surface area contributed by atoms with Gasteiger partial charge in [-0.25, -0.2) is 9.79 Å². The predicted octanol–water partition coefficient (Wildman–Crippen LogP) is 5.37. The number of esters is 1. The van der Waals surface area contributed by atoms with E-state index >= 15 is 0 Å². The lowest BCUT2D eigenvalue weighted by atomic mass is 9.96. The van der Waals surface area contributed by atoms with E-state index in [0.29, 0.717) is 47.9 Å². The molecule has 0 saturated heterocycles. The van der Waals surface area contributed by atoms with Gasteiger partial charge in [0.15, 0.2) is 4.80 Å². The largest absolute Gasteiger partial charge is 0.497 e. The Balaban J connectivity index is 1.62. The monoisotopic (exact) mass is 568 g/mol. The van der Waals surface area contributed by atoms with Crippen molar-refractivity contribution in [2.45, 2.75) is 19.9 Å². The first kappa shape index (κ1) is 26.0. The Labute approximate surface area is 231 Å². The van der Waals surface area contributed by atoms with Gasteiger partial charge in [-0.15, -0.1) is 0 Å². The number of ether oxygens (including phenoxy) is 2. The minimum Gasteiger partial charge on any atom is -0.497 e. The molecule has 194 valence electrons. The first-order valence-corrected chi connectivity index (χ1v) is 13.3. The molecule has 38 heavy (non-hydrogen) atoms. The fourth-order valence-corrected chi connectivity index (χ4v) is 5.58. The topological polar surface area (TPSA) is 83.0 Å². The fraction of sp³-hybridized carbons (Fsp3) is 0.179. The summed E-state index contributed by atoms with van der Waals surface area (Å²) in [5.41, 5.74) is 2.01. The molecule has 0 N–H and O–H groups in total. The van der Waals surface area contributed by atoms with Gasteiger partial charge in [0, 0.05) is 11.6 Å². The second kappa shape index (κ2) is 10.6. The Morgan fingerprint density at radius 1 is 1.13 bits per heavy atom. The van der Waals surface area contributed by atoms with Crippen LogP contribution in [0.15, 0.2) is 80.1 Å². The molecule has 7 nitrogen and oxygen atoms in total. The van der Waals surface area contributed by atoms with Gasteiger partial charge in [-0.05, 0) is 61.9 Å². The molecule has 0 saturated carbocycles. The Morgan fingerprint density at radius 2 is 1.89 bits per heavy atom. The number of rotatable bonds is 6. The summed E-state index contributed by atoms with van der Waals surface area (Å²) in [6.07, 6.45) is 1.67. The average Bonchev–Trinajstić information content (AvgIpc) is 3.49. The molecule has 4 aromatic rings. The van der Waals surface area contributed by atoms with Gasteiger partial charge in [0.05, 0.1) is 45.6 Å². The maximum absolute atomic E-state index is 13.7. The van der Waals surface area contributed by atoms with Gasteiger partial charge in [0.1, 0.15) is 17.3 Å². The first-order chi connectivity index (χ1) is 18.3. The fourth-order valence-electron chi connectivity index (χ4n) is 4.26. The molecule has 1 atom stereocenters. The number of fused-ring (bicyclic) bond motifs is 1. The lowest BCUT2D eigenvalue weighted by molar-refractivity contribution is -0.139. The van der Waals surface area contributed by atoms with Gasteiger partial charge in [0.2, 0.25) is 0 Å². The molecule has 1 aliphatic heterocycles. The number of aromatic nitrogens is 1. The highest BCUT2D eigenvalue weighted by Gasteiger charge is 2.33. The van der Waals surface area contributed by atoms with Crippen LogP contribution >= 0.6 is 34.5 Å². The zero-order valence-corrected chi connectivity index (χ0v) is 23.0. The molecule has 0 unspecified atom stereocenters. The van der Waals surface area contributed by atoms with Crippen molar-refractivity contribution in [1.82, 2.24) is 4.57 Å². The van der Waals surface area contributed by atoms with E-state index in [2.05, 4.69) is 4.99 Å². The lowest BCUT2D eigenvalue weighted by Gasteiger charge is -2.24. The number of halogens is 2. The van der Waals surface area contributed by atoms with Crippen LogP contribution in [0.2, 0.25) is 10.0 Å². The molecule has 0 bridgehead atoms. The number of benzene rings is 2. The third kappa shape index (κ3) is 4.82. The molecular weight excluding hydrogens is 547 g/mol. The SMILES string of the molecule is CCOC(=O)C1=C(C)N=c2sc(=Cc3ccc(-c4ccc(Cl)c(Cl)c4)o3)c(=O)n2[C@@H]1c1ccc(OC)cc1. The second-order valence-electron chi connectivity index (χ2n) is 8.41. The van der Waals surface area contributed by atoms with Crippen molar-refractivity contribution in [2.75, 3.05) is 13.7 Å². The summed E-state index contributed by atoms with van der Waals surface area (Å²) in [7, 11) is 1.58. The van der Waals surface area contributed by atoms with Crippen molar-refractivity contribution in [3.05, 3.63) is 107 Å². The van der Waals surface area contributed by atoms with E-state index in [9.17, 15) is 9.59 Å². The summed E-state index contributed by atoms with van der Waals surface area (Å²) >= 11 is 13.4. The smallest absolute Gasteiger partial charge is 0.338 e. The molecule has 0 fully saturated rings. The third-order valence-corrected chi connectivity index (χ3v) is 7.77. The summed E-state index contributed by atoms with van der Waals surface area (Å²) in [5.74, 6) is 1.22. The van der Waals surface area contributed by atoms with Crippen LogP contribution in [0.3, 0.4) is 0 Å². The van der Waals surface area contributed by atoms with Crippen molar-refractivity contribution < 1.29 is 18.7 Å². The number of carbonyl (C=O) groups excluding carboxylic acids is 1. The molecule has 3 heterocycles. The number of hydrogen-bond acceptors (Lipinski definition) is 7. The lowest BCUT2D eigenvalue weighted by Crippen LogP contribution is -2.39. The number of carbonyl (C=O) groups is 1. The predicted molar refractivity (Wildman–Crippen MR) is 148 cm³/mol. The highest BCUT2D eigenvalue weighted by molar-refractivity contribution is 7.07. The zero-order valence-electron chi connectivity index (χ0n) is 20.7. The van der Waals surface area contributed by atoms with Gasteiger partial charge in [0.25, 0.3) is 5.56 Å². The summed E-state index contributed by atoms with van der Waals surface area (Å²) in [6.45, 7) is 3.69. The van der Waals surface area contributed by atoms with Gasteiger partial charge in [-0.1, -0.05) is 46.7 Å². The average molecular weight is 569 g/mol. The van der Waals surface area contributed by atoms with Gasteiger partial charge < -0.3 is 13.9 Å². The molecule has 1 aliphatic rings. The molecular formula is C28H22Cl2N2O5S. The van der Waals surface area contributed by atoms with E-state index in [1.807, 2.05) is 12.1 Å². The molecule has 2 aromatic carbocycles. The van der Waals surface area contributed by atoms with Crippen LogP contribution in [-0.2, 0) is 9.53 Å². The number of thiazole rings is 1. The van der Waals surface area contributed by atoms with Crippen molar-refractivity contribution in [3.63, 3.8) is 0 Å². The molecule has 2 aromatic heterocycles. The van der Waals surface area contributed by atoms with E-state index in [1.165, 1.54) is 15.9 Å². The van der Waals surface area contributed by atoms with Crippen LogP contribution in [0.4, 0.5) is 0 Å². The van der Waals surface area contributed by atoms with Crippen LogP contribution in [-0.4, -0.2) is 24.3 Å². The van der Waals surface area contributed by atoms with Gasteiger partial charge >= 0.3 is 5.97 Å². The Hall–Kier alpha value is -3.59. The molecule has 0 spiro atoms. The molecule has 5 rings (SSSR count).